The second-order valence-corrected chi connectivity index (χ2v) is 6.27. The second-order valence-electron chi connectivity index (χ2n) is 5.41. The average molecular weight is 318 g/mol. The number of benzene rings is 1. The highest BCUT2D eigenvalue weighted by Crippen LogP contribution is 2.39. The van der Waals surface area contributed by atoms with Gasteiger partial charge >= 0.3 is 0 Å². The monoisotopic (exact) mass is 318 g/mol. The number of nitrogens with zero attached hydrogens (tertiary/aromatic N) is 1. The van der Waals surface area contributed by atoms with Crippen LogP contribution in [0.3, 0.4) is 0 Å². The summed E-state index contributed by atoms with van der Waals surface area (Å²) in [7, 11) is 3.23. The van der Waals surface area contributed by atoms with E-state index >= 15 is 0 Å². The van der Waals surface area contributed by atoms with Crippen LogP contribution < -0.4 is 14.8 Å². The SMILES string of the molecule is COc1ccc(-c2csc(NC(=O)C3CC3C)n2)c(OC)c1. The molecule has 0 saturated heterocycles. The number of rotatable bonds is 5. The number of amides is 1. The van der Waals surface area contributed by atoms with Crippen molar-refractivity contribution >= 4 is 22.4 Å². The fraction of sp³-hybridized carbons (Fsp3) is 0.375. The van der Waals surface area contributed by atoms with Crippen LogP contribution in [0.2, 0.25) is 0 Å². The maximum atomic E-state index is 12.0. The molecule has 1 aliphatic rings. The minimum absolute atomic E-state index is 0.0649. The van der Waals surface area contributed by atoms with Gasteiger partial charge < -0.3 is 14.8 Å². The molecule has 1 aromatic carbocycles. The molecule has 6 heteroatoms. The van der Waals surface area contributed by atoms with Crippen molar-refractivity contribution in [3.05, 3.63) is 23.6 Å². The van der Waals surface area contributed by atoms with Gasteiger partial charge in [-0.3, -0.25) is 4.79 Å². The average Bonchev–Trinajstić information content (AvgIpc) is 3.09. The summed E-state index contributed by atoms with van der Waals surface area (Å²) < 4.78 is 10.6. The number of aromatic nitrogens is 1. The van der Waals surface area contributed by atoms with Gasteiger partial charge in [0.15, 0.2) is 5.13 Å². The fourth-order valence-electron chi connectivity index (χ4n) is 2.35. The lowest BCUT2D eigenvalue weighted by Gasteiger charge is -2.08. The predicted octanol–water partition coefficient (Wildman–Crippen LogP) is 3.42. The molecule has 2 atom stereocenters. The number of anilines is 1. The van der Waals surface area contributed by atoms with Gasteiger partial charge in [0.2, 0.25) is 5.91 Å². The Bertz CT molecular complexity index is 698. The molecule has 1 fully saturated rings. The fourth-order valence-corrected chi connectivity index (χ4v) is 3.06. The summed E-state index contributed by atoms with van der Waals surface area (Å²) in [6.45, 7) is 2.08. The Morgan fingerprint density at radius 2 is 2.14 bits per heavy atom. The van der Waals surface area contributed by atoms with Crippen LogP contribution in [0, 0.1) is 11.8 Å². The Morgan fingerprint density at radius 3 is 2.77 bits per heavy atom. The maximum Gasteiger partial charge on any atom is 0.229 e. The molecule has 22 heavy (non-hydrogen) atoms. The highest BCUT2D eigenvalue weighted by Gasteiger charge is 2.39. The standard InChI is InChI=1S/C16H18N2O3S/c1-9-6-12(9)15(19)18-16-17-13(8-22-16)11-5-4-10(20-2)7-14(11)21-3/h4-5,7-9,12H,6H2,1-3H3,(H,17,18,19). The largest absolute Gasteiger partial charge is 0.497 e. The smallest absolute Gasteiger partial charge is 0.229 e. The Labute approximate surface area is 133 Å². The molecule has 5 nitrogen and oxygen atoms in total. The molecule has 1 aromatic heterocycles. The van der Waals surface area contributed by atoms with Crippen LogP contribution in [0.15, 0.2) is 23.6 Å². The summed E-state index contributed by atoms with van der Waals surface area (Å²) in [5.74, 6) is 2.12. The Hall–Kier alpha value is -2.08. The number of hydrogen-bond donors (Lipinski definition) is 1. The van der Waals surface area contributed by atoms with E-state index in [1.54, 1.807) is 14.2 Å². The number of carbonyl (C=O) groups excluding carboxylic acids is 1. The third kappa shape index (κ3) is 2.92. The van der Waals surface area contributed by atoms with Gasteiger partial charge in [0.1, 0.15) is 11.5 Å². The van der Waals surface area contributed by atoms with E-state index < -0.39 is 0 Å². The number of methoxy groups -OCH3 is 2. The van der Waals surface area contributed by atoms with Crippen LogP contribution in [0.5, 0.6) is 11.5 Å². The molecule has 2 unspecified atom stereocenters. The van der Waals surface area contributed by atoms with E-state index in [0.717, 1.165) is 23.4 Å². The first-order valence-electron chi connectivity index (χ1n) is 7.11. The van der Waals surface area contributed by atoms with Gasteiger partial charge in [-0.05, 0) is 24.5 Å². The molecule has 0 aliphatic heterocycles. The summed E-state index contributed by atoms with van der Waals surface area (Å²) in [5, 5.41) is 5.42. The molecule has 1 amide bonds. The molecule has 0 radical (unpaired) electrons. The van der Waals surface area contributed by atoms with E-state index in [9.17, 15) is 4.79 Å². The van der Waals surface area contributed by atoms with Gasteiger partial charge in [0, 0.05) is 22.9 Å². The van der Waals surface area contributed by atoms with Crippen molar-refractivity contribution in [2.24, 2.45) is 11.8 Å². The lowest BCUT2D eigenvalue weighted by atomic mass is 10.1. The number of carbonyl (C=O) groups is 1. The zero-order valence-electron chi connectivity index (χ0n) is 12.8. The Kier molecular flexibility index (Phi) is 4.02. The van der Waals surface area contributed by atoms with E-state index in [1.807, 2.05) is 23.6 Å². The lowest BCUT2D eigenvalue weighted by Crippen LogP contribution is -2.14. The van der Waals surface area contributed by atoms with Gasteiger partial charge in [0.05, 0.1) is 19.9 Å². The molecule has 1 aliphatic carbocycles. The first-order valence-corrected chi connectivity index (χ1v) is 7.99. The van der Waals surface area contributed by atoms with Gasteiger partial charge in [-0.1, -0.05) is 6.92 Å². The Balaban J connectivity index is 1.80. The van der Waals surface area contributed by atoms with Crippen LogP contribution in [-0.4, -0.2) is 25.1 Å². The van der Waals surface area contributed by atoms with Crippen molar-refractivity contribution in [1.82, 2.24) is 4.98 Å². The van der Waals surface area contributed by atoms with E-state index in [4.69, 9.17) is 9.47 Å². The van der Waals surface area contributed by atoms with Crippen molar-refractivity contribution in [2.75, 3.05) is 19.5 Å². The van der Waals surface area contributed by atoms with Gasteiger partial charge in [-0.2, -0.15) is 0 Å². The van der Waals surface area contributed by atoms with E-state index in [2.05, 4.69) is 17.2 Å². The minimum atomic E-state index is 0.0649. The van der Waals surface area contributed by atoms with Crippen molar-refractivity contribution < 1.29 is 14.3 Å². The summed E-state index contributed by atoms with van der Waals surface area (Å²) in [4.78, 5) is 16.4. The predicted molar refractivity (Wildman–Crippen MR) is 86.6 cm³/mol. The topological polar surface area (TPSA) is 60.5 Å². The van der Waals surface area contributed by atoms with Crippen molar-refractivity contribution in [2.45, 2.75) is 13.3 Å². The molecular weight excluding hydrogens is 300 g/mol. The van der Waals surface area contributed by atoms with E-state index in [-0.39, 0.29) is 11.8 Å². The van der Waals surface area contributed by atoms with Crippen LogP contribution in [0.25, 0.3) is 11.3 Å². The van der Waals surface area contributed by atoms with Gasteiger partial charge in [0.25, 0.3) is 0 Å². The lowest BCUT2D eigenvalue weighted by molar-refractivity contribution is -0.117. The molecule has 2 aromatic rings. The van der Waals surface area contributed by atoms with Crippen LogP contribution in [0.1, 0.15) is 13.3 Å². The first-order chi connectivity index (χ1) is 10.6. The number of hydrogen-bond acceptors (Lipinski definition) is 5. The highest BCUT2D eigenvalue weighted by atomic mass is 32.1. The quantitative estimate of drug-likeness (QED) is 0.917. The molecule has 1 saturated carbocycles. The molecule has 1 N–H and O–H groups in total. The second kappa shape index (κ2) is 5.96. The van der Waals surface area contributed by atoms with Crippen molar-refractivity contribution in [3.8, 4) is 22.8 Å². The zero-order valence-corrected chi connectivity index (χ0v) is 13.6. The molecule has 116 valence electrons. The third-order valence-corrected chi connectivity index (χ3v) is 4.62. The summed E-state index contributed by atoms with van der Waals surface area (Å²) in [6.07, 6.45) is 0.969. The number of nitrogens with one attached hydrogen (secondary N) is 1. The summed E-state index contributed by atoms with van der Waals surface area (Å²) in [6, 6.07) is 5.58. The molecule has 1 heterocycles. The van der Waals surface area contributed by atoms with Crippen LogP contribution >= 0.6 is 11.3 Å². The zero-order chi connectivity index (χ0) is 15.7. The van der Waals surface area contributed by atoms with Crippen LogP contribution in [-0.2, 0) is 4.79 Å². The van der Waals surface area contributed by atoms with Gasteiger partial charge in [-0.25, -0.2) is 4.98 Å². The van der Waals surface area contributed by atoms with Crippen molar-refractivity contribution in [3.63, 3.8) is 0 Å². The normalized spacial score (nSPS) is 19.6. The number of ether oxygens (including phenoxy) is 2. The molecule has 0 spiro atoms. The van der Waals surface area contributed by atoms with E-state index in [1.165, 1.54) is 11.3 Å². The van der Waals surface area contributed by atoms with Crippen LogP contribution in [0.4, 0.5) is 5.13 Å². The molecule has 3 rings (SSSR count). The van der Waals surface area contributed by atoms with E-state index in [0.29, 0.717) is 16.8 Å². The highest BCUT2D eigenvalue weighted by molar-refractivity contribution is 7.14. The third-order valence-electron chi connectivity index (χ3n) is 3.87. The summed E-state index contributed by atoms with van der Waals surface area (Å²) in [5.41, 5.74) is 1.66. The summed E-state index contributed by atoms with van der Waals surface area (Å²) >= 11 is 1.42. The molecule has 0 bridgehead atoms. The van der Waals surface area contributed by atoms with Crippen molar-refractivity contribution in [1.29, 1.82) is 0 Å². The van der Waals surface area contributed by atoms with Gasteiger partial charge in [-0.15, -0.1) is 11.3 Å². The maximum absolute atomic E-state index is 12.0. The number of thiazole rings is 1. The first kappa shape index (κ1) is 14.8. The molecular formula is C16H18N2O3S. The Morgan fingerprint density at radius 1 is 1.36 bits per heavy atom. The minimum Gasteiger partial charge on any atom is -0.497 e.